The number of rotatable bonds is 7. The van der Waals surface area contributed by atoms with Crippen LogP contribution in [0.3, 0.4) is 0 Å². The quantitative estimate of drug-likeness (QED) is 0.675. The van der Waals surface area contributed by atoms with Gasteiger partial charge in [-0.05, 0) is 18.8 Å². The highest BCUT2D eigenvalue weighted by molar-refractivity contribution is 7.19. The standard InChI is InChI=1S/C15H20N4OS/c1-3-5-9-7-11(9)19-15-10(8-16)12(17)13(21-15)14(20)18-6-4-2/h4,9,11,19H,2-3,5-7,17H2,1H3,(H,18,20). The van der Waals surface area contributed by atoms with E-state index in [2.05, 4.69) is 30.2 Å². The van der Waals surface area contributed by atoms with E-state index in [0.717, 1.165) is 12.8 Å². The van der Waals surface area contributed by atoms with E-state index in [0.29, 0.717) is 33.9 Å². The fourth-order valence-corrected chi connectivity index (χ4v) is 3.40. The minimum absolute atomic E-state index is 0.261. The highest BCUT2D eigenvalue weighted by Gasteiger charge is 2.37. The third kappa shape index (κ3) is 3.37. The average molecular weight is 304 g/mol. The van der Waals surface area contributed by atoms with Crippen molar-refractivity contribution in [2.75, 3.05) is 17.6 Å². The number of hydrogen-bond acceptors (Lipinski definition) is 5. The van der Waals surface area contributed by atoms with Gasteiger partial charge < -0.3 is 16.4 Å². The van der Waals surface area contributed by atoms with E-state index < -0.39 is 0 Å². The number of carbonyl (C=O) groups excluding carboxylic acids is 1. The van der Waals surface area contributed by atoms with Gasteiger partial charge in [0.25, 0.3) is 5.91 Å². The molecule has 0 saturated heterocycles. The number of nitrogens with two attached hydrogens (primary N) is 1. The number of nitrogens with zero attached hydrogens (tertiary/aromatic N) is 1. The lowest BCUT2D eigenvalue weighted by Gasteiger charge is -2.02. The maximum atomic E-state index is 12.0. The Balaban J connectivity index is 2.13. The van der Waals surface area contributed by atoms with E-state index in [9.17, 15) is 10.1 Å². The summed E-state index contributed by atoms with van der Waals surface area (Å²) < 4.78 is 0. The normalized spacial score (nSPS) is 19.6. The second-order valence-electron chi connectivity index (χ2n) is 5.19. The van der Waals surface area contributed by atoms with E-state index in [4.69, 9.17) is 5.73 Å². The number of thiophene rings is 1. The van der Waals surface area contributed by atoms with Crippen LogP contribution >= 0.6 is 11.3 Å². The first kappa shape index (κ1) is 15.4. The topological polar surface area (TPSA) is 90.9 Å². The molecule has 2 atom stereocenters. The SMILES string of the molecule is C=CCNC(=O)c1sc(NC2CC2CCC)c(C#N)c1N. The number of amides is 1. The van der Waals surface area contributed by atoms with Gasteiger partial charge in [0.2, 0.25) is 0 Å². The predicted octanol–water partition coefficient (Wildman–Crippen LogP) is 2.72. The maximum absolute atomic E-state index is 12.0. The van der Waals surface area contributed by atoms with E-state index >= 15 is 0 Å². The van der Waals surface area contributed by atoms with Crippen LogP contribution in [0.5, 0.6) is 0 Å². The molecular formula is C15H20N4OS. The van der Waals surface area contributed by atoms with Crippen molar-refractivity contribution >= 4 is 27.9 Å². The number of nitriles is 1. The summed E-state index contributed by atoms with van der Waals surface area (Å²) in [6.45, 7) is 6.10. The van der Waals surface area contributed by atoms with Crippen LogP contribution in [0.2, 0.25) is 0 Å². The molecule has 1 saturated carbocycles. The smallest absolute Gasteiger partial charge is 0.263 e. The van der Waals surface area contributed by atoms with E-state index in [1.54, 1.807) is 6.08 Å². The van der Waals surface area contributed by atoms with Gasteiger partial charge in [0.15, 0.2) is 0 Å². The Morgan fingerprint density at radius 1 is 1.67 bits per heavy atom. The Morgan fingerprint density at radius 2 is 2.43 bits per heavy atom. The fourth-order valence-electron chi connectivity index (χ4n) is 2.35. The molecule has 5 nitrogen and oxygen atoms in total. The second kappa shape index (κ2) is 6.64. The third-order valence-electron chi connectivity index (χ3n) is 3.57. The van der Waals surface area contributed by atoms with Gasteiger partial charge in [-0.15, -0.1) is 17.9 Å². The predicted molar refractivity (Wildman–Crippen MR) is 86.4 cm³/mol. The number of nitrogens with one attached hydrogen (secondary N) is 2. The van der Waals surface area contributed by atoms with E-state index in [1.807, 2.05) is 0 Å². The van der Waals surface area contributed by atoms with Gasteiger partial charge in [0, 0.05) is 12.6 Å². The van der Waals surface area contributed by atoms with Crippen LogP contribution in [0, 0.1) is 17.2 Å². The van der Waals surface area contributed by atoms with Gasteiger partial charge in [0.1, 0.15) is 21.5 Å². The highest BCUT2D eigenvalue weighted by atomic mass is 32.1. The molecule has 1 aliphatic carbocycles. The summed E-state index contributed by atoms with van der Waals surface area (Å²) in [4.78, 5) is 12.4. The molecular weight excluding hydrogens is 284 g/mol. The van der Waals surface area contributed by atoms with Gasteiger partial charge >= 0.3 is 0 Å². The molecule has 1 aliphatic rings. The van der Waals surface area contributed by atoms with Crippen molar-refractivity contribution < 1.29 is 4.79 Å². The zero-order valence-corrected chi connectivity index (χ0v) is 12.9. The second-order valence-corrected chi connectivity index (χ2v) is 6.22. The summed E-state index contributed by atoms with van der Waals surface area (Å²) in [5.74, 6) is 0.408. The molecule has 21 heavy (non-hydrogen) atoms. The largest absolute Gasteiger partial charge is 0.396 e. The number of nitrogen functional groups attached to an aromatic ring is 1. The Morgan fingerprint density at radius 3 is 3.05 bits per heavy atom. The maximum Gasteiger partial charge on any atom is 0.263 e. The van der Waals surface area contributed by atoms with Crippen molar-refractivity contribution in [1.82, 2.24) is 5.32 Å². The van der Waals surface area contributed by atoms with E-state index in [-0.39, 0.29) is 11.6 Å². The van der Waals surface area contributed by atoms with Gasteiger partial charge in [-0.1, -0.05) is 19.4 Å². The number of carbonyl (C=O) groups is 1. The molecule has 1 aromatic rings. The molecule has 1 fully saturated rings. The zero-order chi connectivity index (χ0) is 15.4. The first-order valence-electron chi connectivity index (χ1n) is 7.10. The lowest BCUT2D eigenvalue weighted by atomic mass is 10.2. The molecule has 0 spiro atoms. The number of hydrogen-bond donors (Lipinski definition) is 3. The van der Waals surface area contributed by atoms with Crippen molar-refractivity contribution in [3.8, 4) is 6.07 Å². The van der Waals surface area contributed by atoms with E-state index in [1.165, 1.54) is 17.8 Å². The van der Waals surface area contributed by atoms with Crippen LogP contribution in [0.4, 0.5) is 10.7 Å². The number of anilines is 2. The Hall–Kier alpha value is -2.00. The van der Waals surface area contributed by atoms with Crippen molar-refractivity contribution in [1.29, 1.82) is 5.26 Å². The minimum atomic E-state index is -0.261. The Labute approximate surface area is 128 Å². The van der Waals surface area contributed by atoms with Gasteiger partial charge in [-0.2, -0.15) is 5.26 Å². The summed E-state index contributed by atoms with van der Waals surface area (Å²) in [6, 6.07) is 2.50. The van der Waals surface area contributed by atoms with Crippen molar-refractivity contribution in [2.45, 2.75) is 32.2 Å². The molecule has 2 rings (SSSR count). The summed E-state index contributed by atoms with van der Waals surface area (Å²) in [5.41, 5.74) is 6.58. The summed E-state index contributed by atoms with van der Waals surface area (Å²) in [6.07, 6.45) is 5.07. The van der Waals surface area contributed by atoms with Crippen molar-refractivity contribution in [2.24, 2.45) is 5.92 Å². The zero-order valence-electron chi connectivity index (χ0n) is 12.1. The Kier molecular flexibility index (Phi) is 4.86. The fraction of sp³-hybridized carbons (Fsp3) is 0.467. The summed E-state index contributed by atoms with van der Waals surface area (Å²) >= 11 is 1.25. The molecule has 0 bridgehead atoms. The molecule has 0 aliphatic heterocycles. The Bertz CT molecular complexity index is 587. The van der Waals surface area contributed by atoms with Crippen molar-refractivity contribution in [3.05, 3.63) is 23.1 Å². The monoisotopic (exact) mass is 304 g/mol. The van der Waals surface area contributed by atoms with Crippen LogP contribution in [0.25, 0.3) is 0 Å². The lowest BCUT2D eigenvalue weighted by molar-refractivity contribution is 0.0963. The van der Waals surface area contributed by atoms with Crippen molar-refractivity contribution in [3.63, 3.8) is 0 Å². The van der Waals surface area contributed by atoms with Crippen LogP contribution in [-0.2, 0) is 0 Å². The molecule has 1 amide bonds. The molecule has 0 radical (unpaired) electrons. The first-order chi connectivity index (χ1) is 10.1. The minimum Gasteiger partial charge on any atom is -0.396 e. The average Bonchev–Trinajstić information content (AvgIpc) is 3.11. The molecule has 112 valence electrons. The first-order valence-corrected chi connectivity index (χ1v) is 7.92. The van der Waals surface area contributed by atoms with Crippen LogP contribution < -0.4 is 16.4 Å². The molecule has 0 aromatic carbocycles. The molecule has 1 heterocycles. The van der Waals surface area contributed by atoms with Gasteiger partial charge in [-0.25, -0.2) is 0 Å². The molecule has 6 heteroatoms. The highest BCUT2D eigenvalue weighted by Crippen LogP contribution is 2.42. The summed E-state index contributed by atoms with van der Waals surface area (Å²) in [5, 5.41) is 16.0. The molecule has 1 aromatic heterocycles. The van der Waals surface area contributed by atoms with Gasteiger partial charge in [-0.3, -0.25) is 4.79 Å². The van der Waals surface area contributed by atoms with Crippen LogP contribution in [0.15, 0.2) is 12.7 Å². The third-order valence-corrected chi connectivity index (χ3v) is 4.70. The van der Waals surface area contributed by atoms with Gasteiger partial charge in [0.05, 0.1) is 5.69 Å². The molecule has 2 unspecified atom stereocenters. The van der Waals surface area contributed by atoms with Crippen LogP contribution in [0.1, 0.15) is 41.4 Å². The van der Waals surface area contributed by atoms with Crippen LogP contribution in [-0.4, -0.2) is 18.5 Å². The lowest BCUT2D eigenvalue weighted by Crippen LogP contribution is -2.23. The molecule has 4 N–H and O–H groups in total. The summed E-state index contributed by atoms with van der Waals surface area (Å²) in [7, 11) is 0.